The van der Waals surface area contributed by atoms with E-state index in [0.717, 1.165) is 39.0 Å². The molecule has 0 radical (unpaired) electrons. The summed E-state index contributed by atoms with van der Waals surface area (Å²) in [4.78, 5) is 2.43. The molecule has 1 aromatic heterocycles. The van der Waals surface area contributed by atoms with Crippen molar-refractivity contribution in [1.82, 2.24) is 0 Å². The third kappa shape index (κ3) is 5.25. The number of furan rings is 1. The van der Waals surface area contributed by atoms with E-state index in [4.69, 9.17) is 4.42 Å². The molecule has 0 saturated carbocycles. The summed E-state index contributed by atoms with van der Waals surface area (Å²) in [5, 5.41) is 4.70. The summed E-state index contributed by atoms with van der Waals surface area (Å²) in [6.45, 7) is 4.75. The Balaban J connectivity index is 1.14. The van der Waals surface area contributed by atoms with Crippen molar-refractivity contribution in [2.45, 2.75) is 19.3 Å². The predicted molar refractivity (Wildman–Crippen MR) is 240 cm³/mol. The molecule has 1 aliphatic rings. The van der Waals surface area contributed by atoms with Gasteiger partial charge in [-0.3, -0.25) is 0 Å². The third-order valence-corrected chi connectivity index (χ3v) is 12.1. The number of benzene rings is 9. The molecule has 270 valence electrons. The fraction of sp³-hybridized carbons (Fsp3) is 0.0545. The molecule has 9 aromatic carbocycles. The van der Waals surface area contributed by atoms with Gasteiger partial charge in [-0.15, -0.1) is 0 Å². The summed E-state index contributed by atoms with van der Waals surface area (Å²) in [6, 6.07) is 72.3. The van der Waals surface area contributed by atoms with Crippen molar-refractivity contribution in [2.24, 2.45) is 0 Å². The fourth-order valence-electron chi connectivity index (χ4n) is 9.34. The molecule has 1 heterocycles. The summed E-state index contributed by atoms with van der Waals surface area (Å²) < 4.78 is 6.88. The van der Waals surface area contributed by atoms with Crippen LogP contribution in [0.15, 0.2) is 205 Å². The van der Waals surface area contributed by atoms with Crippen molar-refractivity contribution in [3.8, 4) is 44.5 Å². The number of anilines is 3. The lowest BCUT2D eigenvalue weighted by molar-refractivity contribution is 0.659. The van der Waals surface area contributed by atoms with Gasteiger partial charge < -0.3 is 9.32 Å². The van der Waals surface area contributed by atoms with Crippen LogP contribution in [0.5, 0.6) is 0 Å². The maximum atomic E-state index is 6.88. The van der Waals surface area contributed by atoms with Gasteiger partial charge in [0, 0.05) is 38.3 Å². The Hall–Kier alpha value is -7.16. The van der Waals surface area contributed by atoms with E-state index in [2.05, 4.69) is 219 Å². The zero-order chi connectivity index (χ0) is 38.1. The van der Waals surface area contributed by atoms with Crippen molar-refractivity contribution in [2.75, 3.05) is 4.90 Å². The SMILES string of the molecule is CC1(C)c2ccccc2-c2c1c1c3ccccc3oc1c1cccc(N(c3ccc(-c4ccccc4)cc3)c3ccc(-c4ccc(-c5ccccc5)cc4)cc3)c21. The van der Waals surface area contributed by atoms with Gasteiger partial charge in [-0.2, -0.15) is 0 Å². The average molecular weight is 730 g/mol. The summed E-state index contributed by atoms with van der Waals surface area (Å²) in [7, 11) is 0. The Morgan fingerprint density at radius 1 is 0.404 bits per heavy atom. The molecule has 10 aromatic rings. The lowest BCUT2D eigenvalue weighted by Gasteiger charge is -2.29. The third-order valence-electron chi connectivity index (χ3n) is 12.1. The minimum atomic E-state index is -0.238. The van der Waals surface area contributed by atoms with Crippen LogP contribution in [-0.2, 0) is 5.41 Å². The lowest BCUT2D eigenvalue weighted by atomic mass is 9.79. The Bertz CT molecular complexity index is 3100. The first-order chi connectivity index (χ1) is 28.0. The van der Waals surface area contributed by atoms with Crippen LogP contribution in [0, 0.1) is 0 Å². The predicted octanol–water partition coefficient (Wildman–Crippen LogP) is 15.5. The molecule has 0 N–H and O–H groups in total. The lowest BCUT2D eigenvalue weighted by Crippen LogP contribution is -2.15. The monoisotopic (exact) mass is 729 g/mol. The van der Waals surface area contributed by atoms with Crippen LogP contribution >= 0.6 is 0 Å². The first-order valence-corrected chi connectivity index (χ1v) is 19.8. The smallest absolute Gasteiger partial charge is 0.143 e. The zero-order valence-electron chi connectivity index (χ0n) is 31.9. The largest absolute Gasteiger partial charge is 0.455 e. The van der Waals surface area contributed by atoms with E-state index in [1.165, 1.54) is 66.4 Å². The molecule has 11 rings (SSSR count). The van der Waals surface area contributed by atoms with E-state index in [1.54, 1.807) is 0 Å². The molecule has 1 aliphatic carbocycles. The first-order valence-electron chi connectivity index (χ1n) is 19.8. The Morgan fingerprint density at radius 2 is 0.877 bits per heavy atom. The summed E-state index contributed by atoms with van der Waals surface area (Å²) >= 11 is 0. The highest BCUT2D eigenvalue weighted by Gasteiger charge is 2.40. The Kier molecular flexibility index (Phi) is 7.55. The van der Waals surface area contributed by atoms with Gasteiger partial charge in [0.25, 0.3) is 0 Å². The maximum absolute atomic E-state index is 6.88. The van der Waals surface area contributed by atoms with Gasteiger partial charge in [0.2, 0.25) is 0 Å². The normalized spacial score (nSPS) is 12.9. The second-order valence-electron chi connectivity index (χ2n) is 15.7. The van der Waals surface area contributed by atoms with Crippen LogP contribution in [0.25, 0.3) is 77.2 Å². The van der Waals surface area contributed by atoms with Crippen molar-refractivity contribution in [3.05, 3.63) is 211 Å². The highest BCUT2D eigenvalue weighted by molar-refractivity contribution is 6.26. The van der Waals surface area contributed by atoms with Crippen molar-refractivity contribution < 1.29 is 4.42 Å². The molecule has 0 amide bonds. The van der Waals surface area contributed by atoms with Gasteiger partial charge in [0.15, 0.2) is 0 Å². The molecular weight excluding hydrogens is 691 g/mol. The molecular formula is C55H39NO. The minimum absolute atomic E-state index is 0.238. The van der Waals surface area contributed by atoms with Gasteiger partial charge in [-0.05, 0) is 92.0 Å². The average Bonchev–Trinajstić information content (AvgIpc) is 3.77. The molecule has 0 atom stereocenters. The zero-order valence-corrected chi connectivity index (χ0v) is 31.9. The molecule has 0 aliphatic heterocycles. The van der Waals surface area contributed by atoms with Gasteiger partial charge in [0.1, 0.15) is 11.2 Å². The summed E-state index contributed by atoms with van der Waals surface area (Å²) in [5.41, 5.74) is 17.4. The van der Waals surface area contributed by atoms with Crippen LogP contribution in [0.1, 0.15) is 25.0 Å². The van der Waals surface area contributed by atoms with Crippen LogP contribution in [0.2, 0.25) is 0 Å². The topological polar surface area (TPSA) is 16.4 Å². The summed E-state index contributed by atoms with van der Waals surface area (Å²) in [6.07, 6.45) is 0. The molecule has 2 heteroatoms. The minimum Gasteiger partial charge on any atom is -0.455 e. The van der Waals surface area contributed by atoms with E-state index in [1.807, 2.05) is 0 Å². The quantitative estimate of drug-likeness (QED) is 0.169. The second kappa shape index (κ2) is 13.0. The van der Waals surface area contributed by atoms with Gasteiger partial charge in [0.05, 0.1) is 5.69 Å². The Labute approximate surface area is 332 Å². The fourth-order valence-corrected chi connectivity index (χ4v) is 9.34. The molecule has 2 nitrogen and oxygen atoms in total. The van der Waals surface area contributed by atoms with Crippen molar-refractivity contribution in [3.63, 3.8) is 0 Å². The van der Waals surface area contributed by atoms with Crippen LogP contribution < -0.4 is 4.90 Å². The van der Waals surface area contributed by atoms with Crippen LogP contribution in [0.4, 0.5) is 17.1 Å². The van der Waals surface area contributed by atoms with E-state index in [9.17, 15) is 0 Å². The second-order valence-corrected chi connectivity index (χ2v) is 15.7. The van der Waals surface area contributed by atoms with Gasteiger partial charge >= 0.3 is 0 Å². The van der Waals surface area contributed by atoms with E-state index in [0.29, 0.717) is 0 Å². The Morgan fingerprint density at radius 3 is 1.47 bits per heavy atom. The number of hydrogen-bond acceptors (Lipinski definition) is 2. The van der Waals surface area contributed by atoms with E-state index in [-0.39, 0.29) is 5.41 Å². The molecule has 0 spiro atoms. The number of para-hydroxylation sites is 1. The highest BCUT2D eigenvalue weighted by Crippen LogP contribution is 2.58. The number of rotatable bonds is 6. The molecule has 0 bridgehead atoms. The highest BCUT2D eigenvalue weighted by atomic mass is 16.3. The van der Waals surface area contributed by atoms with Crippen LogP contribution in [-0.4, -0.2) is 0 Å². The number of hydrogen-bond donors (Lipinski definition) is 0. The standard InChI is InChI=1S/C55H39NO/c1-55(2)47-21-11-9-18-44(47)51-50-46(54-52(53(51)55)45-19-10-12-23-49(45)57-54)20-13-22-48(50)56(42-32-28-40(29-33-42)37-16-7-4-8-17-37)43-34-30-41(31-35-43)39-26-24-38(25-27-39)36-14-5-3-6-15-36/h3-35H,1-2H3. The van der Waals surface area contributed by atoms with Crippen molar-refractivity contribution in [1.29, 1.82) is 0 Å². The van der Waals surface area contributed by atoms with E-state index >= 15 is 0 Å². The van der Waals surface area contributed by atoms with Gasteiger partial charge in [-0.25, -0.2) is 0 Å². The van der Waals surface area contributed by atoms with Gasteiger partial charge in [-0.1, -0.05) is 178 Å². The number of fused-ring (bicyclic) bond motifs is 10. The molecule has 57 heavy (non-hydrogen) atoms. The molecule has 0 saturated heterocycles. The van der Waals surface area contributed by atoms with E-state index < -0.39 is 0 Å². The van der Waals surface area contributed by atoms with Crippen LogP contribution in [0.3, 0.4) is 0 Å². The number of nitrogens with zero attached hydrogens (tertiary/aromatic N) is 1. The molecule has 0 unspecified atom stereocenters. The first kappa shape index (κ1) is 33.2. The van der Waals surface area contributed by atoms with Crippen molar-refractivity contribution >= 4 is 49.8 Å². The molecule has 0 fully saturated rings. The summed E-state index contributed by atoms with van der Waals surface area (Å²) in [5.74, 6) is 0. The maximum Gasteiger partial charge on any atom is 0.143 e.